The minimum absolute atomic E-state index is 0.0345. The lowest BCUT2D eigenvalue weighted by Gasteiger charge is -2.31. The van der Waals surface area contributed by atoms with E-state index in [4.69, 9.17) is 23.2 Å². The van der Waals surface area contributed by atoms with E-state index >= 15 is 0 Å². The number of hydrogen-bond donors (Lipinski definition) is 1. The van der Waals surface area contributed by atoms with Crippen LogP contribution in [-0.2, 0) is 16.1 Å². The zero-order valence-electron chi connectivity index (χ0n) is 18.4. The molecule has 0 saturated heterocycles. The summed E-state index contributed by atoms with van der Waals surface area (Å²) in [6, 6.07) is 14.7. The van der Waals surface area contributed by atoms with Gasteiger partial charge in [-0.15, -0.1) is 11.8 Å². The Bertz CT molecular complexity index is 884. The van der Waals surface area contributed by atoms with Crippen LogP contribution in [0.25, 0.3) is 0 Å². The molecule has 1 saturated carbocycles. The fourth-order valence-corrected chi connectivity index (χ4v) is 4.96. The molecule has 172 valence electrons. The topological polar surface area (TPSA) is 49.4 Å². The zero-order valence-corrected chi connectivity index (χ0v) is 20.7. The summed E-state index contributed by atoms with van der Waals surface area (Å²) in [6.07, 6.45) is 5.91. The lowest BCUT2D eigenvalue weighted by Crippen LogP contribution is -2.50. The second-order valence-electron chi connectivity index (χ2n) is 8.22. The van der Waals surface area contributed by atoms with E-state index in [0.29, 0.717) is 28.8 Å². The standard InChI is InChI=1S/C25H30Cl2N2O2S/c1-18(25(31)28-22-5-3-2-4-6-22)29(17-19-7-9-20(26)10-8-19)24(30)15-16-32-23-13-11-21(27)12-14-23/h7-14,18,22H,2-6,15-17H2,1H3,(H,28,31). The van der Waals surface area contributed by atoms with Crippen LogP contribution in [-0.4, -0.2) is 34.6 Å². The summed E-state index contributed by atoms with van der Waals surface area (Å²) in [6.45, 7) is 2.19. The fraction of sp³-hybridized carbons (Fsp3) is 0.440. The van der Waals surface area contributed by atoms with Crippen molar-refractivity contribution in [3.8, 4) is 0 Å². The Labute approximate surface area is 205 Å². The molecular weight excluding hydrogens is 463 g/mol. The molecule has 2 amide bonds. The van der Waals surface area contributed by atoms with Gasteiger partial charge < -0.3 is 10.2 Å². The Morgan fingerprint density at radius 3 is 2.22 bits per heavy atom. The van der Waals surface area contributed by atoms with Gasteiger partial charge in [0.2, 0.25) is 11.8 Å². The van der Waals surface area contributed by atoms with E-state index in [-0.39, 0.29) is 17.9 Å². The van der Waals surface area contributed by atoms with Crippen LogP contribution in [0.3, 0.4) is 0 Å². The molecule has 1 unspecified atom stereocenters. The quantitative estimate of drug-likeness (QED) is 0.415. The number of nitrogens with zero attached hydrogens (tertiary/aromatic N) is 1. The van der Waals surface area contributed by atoms with Crippen molar-refractivity contribution < 1.29 is 9.59 Å². The third kappa shape index (κ3) is 7.72. The number of halogens is 2. The molecule has 1 fully saturated rings. The van der Waals surface area contributed by atoms with Gasteiger partial charge in [-0.25, -0.2) is 0 Å². The molecule has 1 N–H and O–H groups in total. The largest absolute Gasteiger partial charge is 0.352 e. The molecule has 2 aromatic rings. The van der Waals surface area contributed by atoms with E-state index in [0.717, 1.165) is 36.1 Å². The van der Waals surface area contributed by atoms with Gasteiger partial charge in [0.15, 0.2) is 0 Å². The molecule has 1 aliphatic rings. The minimum atomic E-state index is -0.541. The molecule has 1 aliphatic carbocycles. The summed E-state index contributed by atoms with van der Waals surface area (Å²) in [5.74, 6) is 0.520. The maximum absolute atomic E-state index is 13.2. The Morgan fingerprint density at radius 2 is 1.59 bits per heavy atom. The third-order valence-corrected chi connectivity index (χ3v) is 7.30. The first-order valence-corrected chi connectivity index (χ1v) is 12.9. The first-order chi connectivity index (χ1) is 15.4. The van der Waals surface area contributed by atoms with Crippen molar-refractivity contribution >= 4 is 46.8 Å². The van der Waals surface area contributed by atoms with Gasteiger partial charge >= 0.3 is 0 Å². The fourth-order valence-electron chi connectivity index (χ4n) is 3.87. The Kier molecular flexibility index (Phi) is 9.76. The highest BCUT2D eigenvalue weighted by molar-refractivity contribution is 7.99. The van der Waals surface area contributed by atoms with Crippen LogP contribution in [0.15, 0.2) is 53.4 Å². The first-order valence-electron chi connectivity index (χ1n) is 11.1. The van der Waals surface area contributed by atoms with E-state index in [2.05, 4.69) is 5.32 Å². The van der Waals surface area contributed by atoms with E-state index in [1.807, 2.05) is 55.5 Å². The zero-order chi connectivity index (χ0) is 22.9. The number of amides is 2. The summed E-state index contributed by atoms with van der Waals surface area (Å²) >= 11 is 13.6. The summed E-state index contributed by atoms with van der Waals surface area (Å²) < 4.78 is 0. The summed E-state index contributed by atoms with van der Waals surface area (Å²) in [5.41, 5.74) is 0.949. The molecule has 7 heteroatoms. The summed E-state index contributed by atoms with van der Waals surface area (Å²) in [5, 5.41) is 4.50. The van der Waals surface area contributed by atoms with Crippen LogP contribution in [0.2, 0.25) is 10.0 Å². The molecule has 0 heterocycles. The van der Waals surface area contributed by atoms with Gasteiger partial charge in [0.05, 0.1) is 0 Å². The Hall–Kier alpha value is -1.69. The molecule has 3 rings (SSSR count). The van der Waals surface area contributed by atoms with Crippen LogP contribution in [0.1, 0.15) is 51.0 Å². The third-order valence-electron chi connectivity index (χ3n) is 5.78. The molecule has 32 heavy (non-hydrogen) atoms. The highest BCUT2D eigenvalue weighted by atomic mass is 35.5. The maximum atomic E-state index is 13.2. The molecular formula is C25H30Cl2N2O2S. The average molecular weight is 494 g/mol. The van der Waals surface area contributed by atoms with Gasteiger partial charge in [-0.05, 0) is 61.7 Å². The van der Waals surface area contributed by atoms with Crippen molar-refractivity contribution in [2.45, 2.75) is 69.0 Å². The van der Waals surface area contributed by atoms with Gasteiger partial charge in [0, 0.05) is 39.7 Å². The lowest BCUT2D eigenvalue weighted by molar-refractivity contribution is -0.140. The average Bonchev–Trinajstić information content (AvgIpc) is 2.80. The van der Waals surface area contributed by atoms with E-state index in [1.165, 1.54) is 6.42 Å². The monoisotopic (exact) mass is 492 g/mol. The van der Waals surface area contributed by atoms with E-state index < -0.39 is 6.04 Å². The van der Waals surface area contributed by atoms with Crippen molar-refractivity contribution in [1.82, 2.24) is 10.2 Å². The highest BCUT2D eigenvalue weighted by Gasteiger charge is 2.27. The van der Waals surface area contributed by atoms with Gasteiger partial charge in [-0.1, -0.05) is 54.6 Å². The highest BCUT2D eigenvalue weighted by Crippen LogP contribution is 2.23. The molecule has 0 aromatic heterocycles. The molecule has 1 atom stereocenters. The smallest absolute Gasteiger partial charge is 0.242 e. The number of thioether (sulfide) groups is 1. The maximum Gasteiger partial charge on any atom is 0.242 e. The predicted molar refractivity (Wildman–Crippen MR) is 133 cm³/mol. The van der Waals surface area contributed by atoms with Gasteiger partial charge in [0.25, 0.3) is 0 Å². The number of hydrogen-bond acceptors (Lipinski definition) is 3. The summed E-state index contributed by atoms with van der Waals surface area (Å²) in [7, 11) is 0. The van der Waals surface area contributed by atoms with Crippen LogP contribution < -0.4 is 5.32 Å². The van der Waals surface area contributed by atoms with Crippen LogP contribution in [0.4, 0.5) is 0 Å². The molecule has 0 aliphatic heterocycles. The SMILES string of the molecule is CC(C(=O)NC1CCCCC1)N(Cc1ccc(Cl)cc1)C(=O)CCSc1ccc(Cl)cc1. The van der Waals surface area contributed by atoms with Gasteiger partial charge in [0.1, 0.15) is 6.04 Å². The molecule has 0 bridgehead atoms. The van der Waals surface area contributed by atoms with E-state index in [9.17, 15) is 9.59 Å². The second-order valence-corrected chi connectivity index (χ2v) is 10.3. The molecule has 0 radical (unpaired) electrons. The number of rotatable bonds is 9. The first kappa shape index (κ1) is 24.9. The van der Waals surface area contributed by atoms with Crippen molar-refractivity contribution in [2.75, 3.05) is 5.75 Å². The Morgan fingerprint density at radius 1 is 1.00 bits per heavy atom. The Balaban J connectivity index is 1.64. The number of nitrogens with one attached hydrogen (secondary N) is 1. The van der Waals surface area contributed by atoms with Gasteiger partial charge in [-0.2, -0.15) is 0 Å². The number of carbonyl (C=O) groups excluding carboxylic acids is 2. The van der Waals surface area contributed by atoms with Crippen molar-refractivity contribution in [3.05, 3.63) is 64.1 Å². The number of carbonyl (C=O) groups is 2. The predicted octanol–water partition coefficient (Wildman–Crippen LogP) is 6.34. The van der Waals surface area contributed by atoms with Crippen LogP contribution in [0, 0.1) is 0 Å². The van der Waals surface area contributed by atoms with Gasteiger partial charge in [-0.3, -0.25) is 9.59 Å². The van der Waals surface area contributed by atoms with Crippen molar-refractivity contribution in [3.63, 3.8) is 0 Å². The molecule has 4 nitrogen and oxygen atoms in total. The van der Waals surface area contributed by atoms with Crippen LogP contribution >= 0.6 is 35.0 Å². The van der Waals surface area contributed by atoms with Crippen molar-refractivity contribution in [1.29, 1.82) is 0 Å². The normalized spacial score (nSPS) is 15.2. The molecule has 2 aromatic carbocycles. The molecule has 0 spiro atoms. The summed E-state index contributed by atoms with van der Waals surface area (Å²) in [4.78, 5) is 28.9. The van der Waals surface area contributed by atoms with Crippen molar-refractivity contribution in [2.24, 2.45) is 0 Å². The number of benzene rings is 2. The lowest BCUT2D eigenvalue weighted by atomic mass is 9.95. The van der Waals surface area contributed by atoms with E-state index in [1.54, 1.807) is 16.7 Å². The minimum Gasteiger partial charge on any atom is -0.352 e. The van der Waals surface area contributed by atoms with Crippen LogP contribution in [0.5, 0.6) is 0 Å². The second kappa shape index (κ2) is 12.5.